The van der Waals surface area contributed by atoms with Crippen molar-refractivity contribution in [2.24, 2.45) is 0 Å². The van der Waals surface area contributed by atoms with Crippen molar-refractivity contribution in [3.63, 3.8) is 0 Å². The first kappa shape index (κ1) is 18.5. The Bertz CT molecular complexity index is 885. The zero-order valence-electron chi connectivity index (χ0n) is 16.4. The monoisotopic (exact) mass is 378 g/mol. The number of hydrogen-bond donors (Lipinski definition) is 1. The van der Waals surface area contributed by atoms with E-state index in [4.69, 9.17) is 0 Å². The molecule has 1 unspecified atom stereocenters. The molecule has 2 heterocycles. The predicted molar refractivity (Wildman–Crippen MR) is 111 cm³/mol. The average Bonchev–Trinajstić information content (AvgIpc) is 3.13. The number of nitrogens with zero attached hydrogens (tertiary/aromatic N) is 3. The summed E-state index contributed by atoms with van der Waals surface area (Å²) in [6, 6.07) is 17.5. The minimum Gasteiger partial charge on any atom is -0.323 e. The Morgan fingerprint density at radius 2 is 1.75 bits per heavy atom. The Hall–Kier alpha value is -2.86. The number of rotatable bonds is 2. The number of likely N-dealkylation sites (N-methyl/N-ethyl adjacent to an activating group) is 1. The van der Waals surface area contributed by atoms with E-state index in [2.05, 4.69) is 10.2 Å². The van der Waals surface area contributed by atoms with Crippen molar-refractivity contribution in [3.05, 3.63) is 60.2 Å². The van der Waals surface area contributed by atoms with Gasteiger partial charge in [0.15, 0.2) is 0 Å². The number of benzene rings is 2. The van der Waals surface area contributed by atoms with Gasteiger partial charge in [-0.2, -0.15) is 0 Å². The highest BCUT2D eigenvalue weighted by Gasteiger charge is 2.48. The summed E-state index contributed by atoms with van der Waals surface area (Å²) in [6.45, 7) is 4.23. The molecular formula is C22H26N4O2. The SMILES string of the molecule is Cc1ccccc1NC(=O)N1CCC2(C1)CN(c1ccccc1)C(=O)CN2C. The fourth-order valence-electron chi connectivity index (χ4n) is 4.18. The van der Waals surface area contributed by atoms with Crippen LogP contribution in [0.2, 0.25) is 0 Å². The van der Waals surface area contributed by atoms with Crippen molar-refractivity contribution in [3.8, 4) is 0 Å². The van der Waals surface area contributed by atoms with Crippen molar-refractivity contribution in [1.29, 1.82) is 0 Å². The first-order valence-electron chi connectivity index (χ1n) is 9.67. The second-order valence-corrected chi connectivity index (χ2v) is 7.81. The minimum absolute atomic E-state index is 0.0808. The third-order valence-corrected chi connectivity index (χ3v) is 6.01. The largest absolute Gasteiger partial charge is 0.323 e. The number of urea groups is 1. The van der Waals surface area contributed by atoms with Gasteiger partial charge < -0.3 is 15.1 Å². The Kier molecular flexibility index (Phi) is 4.81. The molecular weight excluding hydrogens is 352 g/mol. The van der Waals surface area contributed by atoms with Gasteiger partial charge in [0.05, 0.1) is 12.1 Å². The number of piperazine rings is 1. The normalized spacial score (nSPS) is 22.7. The number of hydrogen-bond acceptors (Lipinski definition) is 3. The molecule has 0 aliphatic carbocycles. The standard InChI is InChI=1S/C22H26N4O2/c1-17-8-6-7-11-19(17)23-21(28)25-13-12-22(15-25)16-26(20(27)14-24(22)2)18-9-4-3-5-10-18/h3-11H,12-16H2,1-2H3,(H,23,28). The molecule has 2 saturated heterocycles. The van der Waals surface area contributed by atoms with E-state index in [9.17, 15) is 9.59 Å². The highest BCUT2D eigenvalue weighted by Crippen LogP contribution is 2.33. The van der Waals surface area contributed by atoms with E-state index >= 15 is 0 Å². The van der Waals surface area contributed by atoms with E-state index in [0.29, 0.717) is 26.2 Å². The van der Waals surface area contributed by atoms with Crippen LogP contribution in [0.3, 0.4) is 0 Å². The van der Waals surface area contributed by atoms with Crippen LogP contribution in [0.25, 0.3) is 0 Å². The zero-order chi connectivity index (χ0) is 19.7. The summed E-state index contributed by atoms with van der Waals surface area (Å²) >= 11 is 0. The lowest BCUT2D eigenvalue weighted by Crippen LogP contribution is -2.64. The first-order chi connectivity index (χ1) is 13.5. The van der Waals surface area contributed by atoms with Gasteiger partial charge in [-0.3, -0.25) is 9.69 Å². The van der Waals surface area contributed by atoms with E-state index in [1.807, 2.05) is 78.4 Å². The fourth-order valence-corrected chi connectivity index (χ4v) is 4.18. The molecule has 0 radical (unpaired) electrons. The van der Waals surface area contributed by atoms with Crippen LogP contribution < -0.4 is 10.2 Å². The Morgan fingerprint density at radius 3 is 2.50 bits per heavy atom. The molecule has 0 aromatic heterocycles. The maximum Gasteiger partial charge on any atom is 0.321 e. The molecule has 1 atom stereocenters. The Morgan fingerprint density at radius 1 is 1.04 bits per heavy atom. The maximum atomic E-state index is 12.8. The molecule has 2 aromatic rings. The molecule has 4 rings (SSSR count). The number of nitrogens with one attached hydrogen (secondary N) is 1. The maximum absolute atomic E-state index is 12.8. The lowest BCUT2D eigenvalue weighted by atomic mass is 9.92. The fraction of sp³-hybridized carbons (Fsp3) is 0.364. The molecule has 0 saturated carbocycles. The number of aryl methyl sites for hydroxylation is 1. The van der Waals surface area contributed by atoms with Gasteiger partial charge in [-0.25, -0.2) is 4.79 Å². The summed E-state index contributed by atoms with van der Waals surface area (Å²) in [4.78, 5) is 31.3. The van der Waals surface area contributed by atoms with Crippen LogP contribution in [0, 0.1) is 6.92 Å². The summed E-state index contributed by atoms with van der Waals surface area (Å²) in [6.07, 6.45) is 0.849. The van der Waals surface area contributed by atoms with E-state index in [1.165, 1.54) is 0 Å². The number of amides is 3. The highest BCUT2D eigenvalue weighted by molar-refractivity contribution is 5.96. The van der Waals surface area contributed by atoms with Crippen LogP contribution in [0.4, 0.5) is 16.2 Å². The van der Waals surface area contributed by atoms with E-state index < -0.39 is 0 Å². The molecule has 2 aliphatic heterocycles. The Balaban J connectivity index is 1.50. The van der Waals surface area contributed by atoms with Crippen LogP contribution in [-0.2, 0) is 4.79 Å². The summed E-state index contributed by atoms with van der Waals surface area (Å²) in [5.41, 5.74) is 2.59. The summed E-state index contributed by atoms with van der Waals surface area (Å²) in [7, 11) is 1.99. The van der Waals surface area contributed by atoms with Gasteiger partial charge >= 0.3 is 6.03 Å². The van der Waals surface area contributed by atoms with Crippen LogP contribution in [0.15, 0.2) is 54.6 Å². The number of carbonyl (C=O) groups is 2. The van der Waals surface area contributed by atoms with Crippen molar-refractivity contribution in [2.75, 3.05) is 43.4 Å². The second kappa shape index (κ2) is 7.28. The second-order valence-electron chi connectivity index (χ2n) is 7.81. The molecule has 1 N–H and O–H groups in total. The predicted octanol–water partition coefficient (Wildman–Crippen LogP) is 2.95. The van der Waals surface area contributed by atoms with E-state index in [1.54, 1.807) is 0 Å². The van der Waals surface area contributed by atoms with Crippen molar-refractivity contribution >= 4 is 23.3 Å². The molecule has 28 heavy (non-hydrogen) atoms. The number of likely N-dealkylation sites (tertiary alicyclic amines) is 1. The summed E-state index contributed by atoms with van der Waals surface area (Å²) in [5, 5.41) is 3.03. The van der Waals surface area contributed by atoms with E-state index in [-0.39, 0.29) is 17.5 Å². The molecule has 6 nitrogen and oxygen atoms in total. The summed E-state index contributed by atoms with van der Waals surface area (Å²) in [5.74, 6) is 0.0992. The molecule has 3 amide bonds. The Labute approximate surface area is 165 Å². The molecule has 2 fully saturated rings. The lowest BCUT2D eigenvalue weighted by Gasteiger charge is -2.46. The molecule has 2 aromatic carbocycles. The average molecular weight is 378 g/mol. The molecule has 2 aliphatic rings. The van der Waals surface area contributed by atoms with Crippen LogP contribution in [-0.4, -0.2) is 60.5 Å². The van der Waals surface area contributed by atoms with Crippen molar-refractivity contribution in [2.45, 2.75) is 18.9 Å². The lowest BCUT2D eigenvalue weighted by molar-refractivity contribution is -0.123. The first-order valence-corrected chi connectivity index (χ1v) is 9.67. The zero-order valence-corrected chi connectivity index (χ0v) is 16.4. The smallest absolute Gasteiger partial charge is 0.321 e. The molecule has 0 bridgehead atoms. The third kappa shape index (κ3) is 3.36. The number of para-hydroxylation sites is 2. The van der Waals surface area contributed by atoms with Gasteiger partial charge in [-0.1, -0.05) is 36.4 Å². The number of anilines is 2. The quantitative estimate of drug-likeness (QED) is 0.874. The van der Waals surface area contributed by atoms with Crippen molar-refractivity contribution in [1.82, 2.24) is 9.80 Å². The van der Waals surface area contributed by atoms with Gasteiger partial charge in [0, 0.05) is 31.0 Å². The number of carbonyl (C=O) groups excluding carboxylic acids is 2. The molecule has 6 heteroatoms. The van der Waals surface area contributed by atoms with Crippen LogP contribution in [0.5, 0.6) is 0 Å². The van der Waals surface area contributed by atoms with Crippen LogP contribution >= 0.6 is 0 Å². The van der Waals surface area contributed by atoms with Gasteiger partial charge in [0.25, 0.3) is 0 Å². The third-order valence-electron chi connectivity index (χ3n) is 6.01. The molecule has 146 valence electrons. The van der Waals surface area contributed by atoms with Gasteiger partial charge in [-0.15, -0.1) is 0 Å². The van der Waals surface area contributed by atoms with Crippen molar-refractivity contribution < 1.29 is 9.59 Å². The highest BCUT2D eigenvalue weighted by atomic mass is 16.2. The van der Waals surface area contributed by atoms with Gasteiger partial charge in [0.1, 0.15) is 0 Å². The van der Waals surface area contributed by atoms with Gasteiger partial charge in [0.2, 0.25) is 5.91 Å². The van der Waals surface area contributed by atoms with Gasteiger partial charge in [-0.05, 0) is 44.2 Å². The summed E-state index contributed by atoms with van der Waals surface area (Å²) < 4.78 is 0. The topological polar surface area (TPSA) is 55.9 Å². The van der Waals surface area contributed by atoms with Crippen LogP contribution in [0.1, 0.15) is 12.0 Å². The van der Waals surface area contributed by atoms with E-state index in [0.717, 1.165) is 23.4 Å². The minimum atomic E-state index is -0.215. The molecule has 1 spiro atoms.